The third kappa shape index (κ3) is 10.3. The van der Waals surface area contributed by atoms with E-state index in [2.05, 4.69) is 9.80 Å². The fourth-order valence-corrected chi connectivity index (χ4v) is 5.88. The number of carbonyl (C=O) groups excluding carboxylic acids is 2. The summed E-state index contributed by atoms with van der Waals surface area (Å²) in [5, 5.41) is 0. The summed E-state index contributed by atoms with van der Waals surface area (Å²) in [7, 11) is 9.46. The van der Waals surface area contributed by atoms with E-state index in [4.69, 9.17) is 28.4 Å². The van der Waals surface area contributed by atoms with E-state index >= 15 is 0 Å². The molecule has 4 rings (SSSR count). The van der Waals surface area contributed by atoms with Gasteiger partial charge in [0, 0.05) is 77.6 Å². The zero-order valence-electron chi connectivity index (χ0n) is 30.1. The van der Waals surface area contributed by atoms with Gasteiger partial charge in [-0.15, -0.1) is 0 Å². The quantitative estimate of drug-likeness (QED) is 0.202. The largest absolute Gasteiger partial charge is 0.493 e. The third-order valence-corrected chi connectivity index (χ3v) is 8.75. The van der Waals surface area contributed by atoms with Crippen molar-refractivity contribution in [2.75, 3.05) is 108 Å². The summed E-state index contributed by atoms with van der Waals surface area (Å²) in [4.78, 5) is 34.1. The highest BCUT2D eigenvalue weighted by Crippen LogP contribution is 2.39. The predicted octanol–water partition coefficient (Wildman–Crippen LogP) is 3.87. The molecule has 2 aromatic carbocycles. The Bertz CT molecular complexity index is 1390. The second kappa shape index (κ2) is 19.3. The van der Waals surface area contributed by atoms with Gasteiger partial charge in [0.15, 0.2) is 23.0 Å². The van der Waals surface area contributed by atoms with Crippen molar-refractivity contribution in [1.82, 2.24) is 19.6 Å². The monoisotopic (exact) mass is 690 g/mol. The maximum Gasteiger partial charge on any atom is 0.246 e. The zero-order chi connectivity index (χ0) is 35.9. The van der Waals surface area contributed by atoms with Gasteiger partial charge in [-0.05, 0) is 35.4 Å². The Hall–Kier alpha value is -4.94. The Balaban J connectivity index is 1.14. The summed E-state index contributed by atoms with van der Waals surface area (Å²) in [6.45, 7) is 8.03. The van der Waals surface area contributed by atoms with Crippen LogP contribution in [0, 0.1) is 0 Å². The molecule has 270 valence electrons. The number of benzene rings is 2. The minimum absolute atomic E-state index is 0.00529. The molecule has 0 aromatic heterocycles. The molecule has 0 radical (unpaired) electrons. The molecular formula is C38H50N4O8. The lowest BCUT2D eigenvalue weighted by Gasteiger charge is -2.37. The highest BCUT2D eigenvalue weighted by molar-refractivity contribution is 5.88. The summed E-state index contributed by atoms with van der Waals surface area (Å²) in [5.74, 6) is 3.38. The molecule has 0 saturated carbocycles. The minimum Gasteiger partial charge on any atom is -0.493 e. The lowest BCUT2D eigenvalue weighted by atomic mass is 10.1. The molecule has 0 aliphatic carbocycles. The van der Waals surface area contributed by atoms with Gasteiger partial charge in [-0.2, -0.15) is 0 Å². The highest BCUT2D eigenvalue weighted by atomic mass is 16.5. The normalized spacial score (nSPS) is 16.1. The van der Waals surface area contributed by atoms with Crippen LogP contribution in [0.4, 0.5) is 0 Å². The van der Waals surface area contributed by atoms with Crippen molar-refractivity contribution >= 4 is 24.0 Å². The highest BCUT2D eigenvalue weighted by Gasteiger charge is 2.23. The van der Waals surface area contributed by atoms with Gasteiger partial charge in [0.2, 0.25) is 23.3 Å². The van der Waals surface area contributed by atoms with Crippen molar-refractivity contribution in [3.05, 3.63) is 71.8 Å². The smallest absolute Gasteiger partial charge is 0.246 e. The molecule has 0 spiro atoms. The molecule has 50 heavy (non-hydrogen) atoms. The molecule has 2 saturated heterocycles. The Morgan fingerprint density at radius 2 is 0.820 bits per heavy atom. The number of allylic oxidation sites excluding steroid dienone is 4. The van der Waals surface area contributed by atoms with Gasteiger partial charge in [0.25, 0.3) is 0 Å². The van der Waals surface area contributed by atoms with Crippen molar-refractivity contribution in [3.63, 3.8) is 0 Å². The van der Waals surface area contributed by atoms with E-state index in [0.717, 1.165) is 50.4 Å². The predicted molar refractivity (Wildman–Crippen MR) is 195 cm³/mol. The van der Waals surface area contributed by atoms with Gasteiger partial charge in [0.1, 0.15) is 0 Å². The maximum absolute atomic E-state index is 12.8. The number of hydrogen-bond donors (Lipinski definition) is 0. The van der Waals surface area contributed by atoms with Crippen LogP contribution in [-0.2, 0) is 9.59 Å². The van der Waals surface area contributed by atoms with Crippen LogP contribution in [-0.4, -0.2) is 140 Å². The molecule has 0 N–H and O–H groups in total. The van der Waals surface area contributed by atoms with Crippen molar-refractivity contribution in [2.45, 2.75) is 0 Å². The van der Waals surface area contributed by atoms with Crippen molar-refractivity contribution < 1.29 is 38.0 Å². The second-order valence-electron chi connectivity index (χ2n) is 11.7. The van der Waals surface area contributed by atoms with Gasteiger partial charge >= 0.3 is 0 Å². The van der Waals surface area contributed by atoms with Crippen LogP contribution in [0.2, 0.25) is 0 Å². The lowest BCUT2D eigenvalue weighted by molar-refractivity contribution is -0.128. The fourth-order valence-electron chi connectivity index (χ4n) is 5.88. The molecule has 0 atom stereocenters. The van der Waals surface area contributed by atoms with Gasteiger partial charge in [0.05, 0.1) is 42.7 Å². The van der Waals surface area contributed by atoms with E-state index < -0.39 is 0 Å². The molecule has 2 aliphatic rings. The van der Waals surface area contributed by atoms with Crippen molar-refractivity contribution in [2.24, 2.45) is 0 Å². The summed E-state index contributed by atoms with van der Waals surface area (Å²) >= 11 is 0. The Kier molecular flexibility index (Phi) is 14.6. The van der Waals surface area contributed by atoms with Crippen molar-refractivity contribution in [3.8, 4) is 34.5 Å². The summed E-state index contributed by atoms with van der Waals surface area (Å²) in [6.07, 6.45) is 14.1. The summed E-state index contributed by atoms with van der Waals surface area (Å²) in [6, 6.07) is 7.41. The molecule has 2 aromatic rings. The number of rotatable bonds is 15. The molecule has 2 aliphatic heterocycles. The number of hydrogen-bond acceptors (Lipinski definition) is 10. The van der Waals surface area contributed by atoms with E-state index in [-0.39, 0.29) is 11.8 Å². The topological polar surface area (TPSA) is 102 Å². The first-order valence-electron chi connectivity index (χ1n) is 16.7. The van der Waals surface area contributed by atoms with Crippen LogP contribution in [0.1, 0.15) is 11.1 Å². The first-order chi connectivity index (χ1) is 24.3. The third-order valence-electron chi connectivity index (χ3n) is 8.75. The van der Waals surface area contributed by atoms with Gasteiger partial charge in [-0.1, -0.05) is 36.5 Å². The molecule has 0 unspecified atom stereocenters. The number of nitrogens with zero attached hydrogens (tertiary/aromatic N) is 4. The van der Waals surface area contributed by atoms with E-state index in [1.54, 1.807) is 67.0 Å². The fraction of sp³-hybridized carbons (Fsp3) is 0.421. The van der Waals surface area contributed by atoms with Crippen LogP contribution >= 0.6 is 0 Å². The number of carbonyl (C=O) groups is 2. The maximum atomic E-state index is 12.8. The minimum atomic E-state index is 0.00529. The number of amides is 2. The van der Waals surface area contributed by atoms with Crippen LogP contribution < -0.4 is 28.4 Å². The van der Waals surface area contributed by atoms with Crippen LogP contribution in [0.15, 0.2) is 60.7 Å². The summed E-state index contributed by atoms with van der Waals surface area (Å²) < 4.78 is 32.4. The molecule has 2 fully saturated rings. The number of ether oxygens (including phenoxy) is 6. The number of methoxy groups -OCH3 is 6. The van der Waals surface area contributed by atoms with Gasteiger partial charge < -0.3 is 38.2 Å². The average Bonchev–Trinajstić information content (AvgIpc) is 3.16. The van der Waals surface area contributed by atoms with Crippen LogP contribution in [0.25, 0.3) is 12.2 Å². The van der Waals surface area contributed by atoms with E-state index in [9.17, 15) is 9.59 Å². The second-order valence-corrected chi connectivity index (χ2v) is 11.7. The first kappa shape index (κ1) is 37.9. The van der Waals surface area contributed by atoms with E-state index in [1.807, 2.05) is 58.4 Å². The molecular weight excluding hydrogens is 640 g/mol. The molecule has 12 heteroatoms. The molecule has 2 amide bonds. The van der Waals surface area contributed by atoms with E-state index in [0.29, 0.717) is 60.7 Å². The Labute approximate surface area is 295 Å². The lowest BCUT2D eigenvalue weighted by Crippen LogP contribution is -2.52. The zero-order valence-corrected chi connectivity index (χ0v) is 30.1. The summed E-state index contributed by atoms with van der Waals surface area (Å²) in [5.41, 5.74) is 1.74. The average molecular weight is 691 g/mol. The van der Waals surface area contributed by atoms with Gasteiger partial charge in [-0.3, -0.25) is 19.4 Å². The molecule has 2 heterocycles. The van der Waals surface area contributed by atoms with E-state index in [1.165, 1.54) is 0 Å². The van der Waals surface area contributed by atoms with Crippen LogP contribution in [0.3, 0.4) is 0 Å². The van der Waals surface area contributed by atoms with Crippen LogP contribution in [0.5, 0.6) is 34.5 Å². The Morgan fingerprint density at radius 3 is 1.10 bits per heavy atom. The Morgan fingerprint density at radius 1 is 0.500 bits per heavy atom. The van der Waals surface area contributed by atoms with Crippen molar-refractivity contribution in [1.29, 1.82) is 0 Å². The van der Waals surface area contributed by atoms with Gasteiger partial charge in [-0.25, -0.2) is 0 Å². The number of piperazine rings is 2. The SMILES string of the molecule is COc1cc(C=CC=CC(=O)N2CCN(CCN3CCN(C(=O)C=CC=Cc4cc(OC)c(OC)c(OC)c4)CC3)CC2)cc(OC)c1OC. The first-order valence-corrected chi connectivity index (χ1v) is 16.7. The molecule has 12 nitrogen and oxygen atoms in total. The standard InChI is InChI=1S/C38H50N4O8/c1-45-31-25-29(26-32(46-2)37(31)49-5)11-7-9-13-35(43)41-21-17-39(18-22-41)15-16-40-19-23-42(24-20-40)36(44)14-10-8-12-30-27-33(47-3)38(50-6)34(28-30)48-4/h7-14,25-28H,15-24H2,1-6H3. The molecule has 0 bridgehead atoms.